The van der Waals surface area contributed by atoms with Crippen LogP contribution in [0.3, 0.4) is 0 Å². The predicted molar refractivity (Wildman–Crippen MR) is 131 cm³/mol. The zero-order valence-electron chi connectivity index (χ0n) is 17.9. The minimum atomic E-state index is -0.941. The lowest BCUT2D eigenvalue weighted by atomic mass is 9.98. The molecule has 0 radical (unpaired) electrons. The molecule has 4 aromatic rings. The van der Waals surface area contributed by atoms with Crippen LogP contribution >= 0.6 is 22.9 Å². The molecule has 2 aromatic carbocycles. The highest BCUT2D eigenvalue weighted by Gasteiger charge is 2.48. The lowest BCUT2D eigenvalue weighted by molar-refractivity contribution is -0.132. The number of amides is 1. The van der Waals surface area contributed by atoms with Gasteiger partial charge in [-0.25, -0.2) is 4.98 Å². The van der Waals surface area contributed by atoms with Crippen molar-refractivity contribution in [3.63, 3.8) is 0 Å². The maximum absolute atomic E-state index is 13.3. The summed E-state index contributed by atoms with van der Waals surface area (Å²) in [5, 5.41) is 11.9. The first-order valence-electron chi connectivity index (χ1n) is 10.5. The van der Waals surface area contributed by atoms with Crippen LogP contribution in [-0.4, -0.2) is 33.4 Å². The summed E-state index contributed by atoms with van der Waals surface area (Å²) < 4.78 is 6.37. The molecule has 34 heavy (non-hydrogen) atoms. The molecule has 1 N–H and O–H groups in total. The van der Waals surface area contributed by atoms with Crippen LogP contribution in [0.15, 0.2) is 72.4 Å². The fourth-order valence-electron chi connectivity index (χ4n) is 3.86. The van der Waals surface area contributed by atoms with Crippen molar-refractivity contribution in [2.75, 3.05) is 11.5 Å². The third kappa shape index (κ3) is 3.81. The van der Waals surface area contributed by atoms with E-state index in [1.54, 1.807) is 60.8 Å². The van der Waals surface area contributed by atoms with E-state index < -0.39 is 17.7 Å². The number of anilines is 1. The number of pyridine rings is 1. The summed E-state index contributed by atoms with van der Waals surface area (Å²) in [6, 6.07) is 16.1. The zero-order chi connectivity index (χ0) is 23.8. The van der Waals surface area contributed by atoms with Crippen LogP contribution in [-0.2, 0) is 9.59 Å². The first-order valence-corrected chi connectivity index (χ1v) is 11.7. The number of ether oxygens (including phenoxy) is 1. The molecule has 1 aliphatic heterocycles. The van der Waals surface area contributed by atoms with Gasteiger partial charge in [0.05, 0.1) is 28.1 Å². The van der Waals surface area contributed by atoms with Gasteiger partial charge in [0.15, 0.2) is 5.13 Å². The molecule has 170 valence electrons. The van der Waals surface area contributed by atoms with E-state index in [0.29, 0.717) is 39.3 Å². The number of aromatic nitrogens is 2. The average molecular weight is 492 g/mol. The van der Waals surface area contributed by atoms with Crippen molar-refractivity contribution >= 4 is 55.7 Å². The fourth-order valence-corrected chi connectivity index (χ4v) is 5.01. The Balaban J connectivity index is 1.68. The Bertz CT molecular complexity index is 1430. The number of rotatable bonds is 5. The second-order valence-electron chi connectivity index (χ2n) is 7.49. The lowest BCUT2D eigenvalue weighted by Gasteiger charge is -2.21. The van der Waals surface area contributed by atoms with Crippen molar-refractivity contribution in [3.05, 3.63) is 88.7 Å². The first-order chi connectivity index (χ1) is 16.5. The Hall–Kier alpha value is -3.75. The molecule has 1 fully saturated rings. The van der Waals surface area contributed by atoms with Crippen LogP contribution in [0.5, 0.6) is 5.75 Å². The van der Waals surface area contributed by atoms with Crippen molar-refractivity contribution in [1.82, 2.24) is 9.97 Å². The summed E-state index contributed by atoms with van der Waals surface area (Å²) in [6.07, 6.45) is 1.57. The number of halogens is 1. The summed E-state index contributed by atoms with van der Waals surface area (Å²) in [4.78, 5) is 36.7. The molecule has 0 spiro atoms. The highest BCUT2D eigenvalue weighted by atomic mass is 35.5. The smallest absolute Gasteiger partial charge is 0.301 e. The highest BCUT2D eigenvalue weighted by Crippen LogP contribution is 2.44. The molecule has 1 atom stereocenters. The van der Waals surface area contributed by atoms with Crippen molar-refractivity contribution in [2.24, 2.45) is 0 Å². The summed E-state index contributed by atoms with van der Waals surface area (Å²) in [6.45, 7) is 2.42. The van der Waals surface area contributed by atoms with Gasteiger partial charge in [-0.1, -0.05) is 29.0 Å². The van der Waals surface area contributed by atoms with Gasteiger partial charge in [-0.2, -0.15) is 0 Å². The number of carbonyl (C=O) groups excluding carboxylic acids is 2. The molecule has 1 amide bonds. The van der Waals surface area contributed by atoms with E-state index in [1.165, 1.54) is 16.2 Å². The van der Waals surface area contributed by atoms with Gasteiger partial charge in [0, 0.05) is 16.8 Å². The molecule has 9 heteroatoms. The number of aliphatic hydroxyl groups excluding tert-OH is 1. The lowest BCUT2D eigenvalue weighted by Crippen LogP contribution is -2.29. The summed E-state index contributed by atoms with van der Waals surface area (Å²) in [7, 11) is 0. The van der Waals surface area contributed by atoms with E-state index >= 15 is 0 Å². The second-order valence-corrected chi connectivity index (χ2v) is 8.94. The molecule has 1 unspecified atom stereocenters. The summed E-state index contributed by atoms with van der Waals surface area (Å²) in [5.41, 5.74) is 1.42. The first kappa shape index (κ1) is 22.1. The van der Waals surface area contributed by atoms with E-state index in [2.05, 4.69) is 9.97 Å². The molecule has 2 aromatic heterocycles. The molecule has 0 aliphatic carbocycles. The maximum atomic E-state index is 13.3. The van der Waals surface area contributed by atoms with Crippen LogP contribution in [0, 0.1) is 0 Å². The number of benzene rings is 2. The maximum Gasteiger partial charge on any atom is 0.301 e. The topological polar surface area (TPSA) is 92.6 Å². The predicted octanol–water partition coefficient (Wildman–Crippen LogP) is 5.37. The molecule has 1 saturated heterocycles. The van der Waals surface area contributed by atoms with Crippen LogP contribution in [0.25, 0.3) is 16.0 Å². The SMILES string of the molecule is CCOc1ccc2nc(N3C(=O)C(=O)/C(=C(/O)c4ccc(Cl)cc4)C3c3ccccn3)sc2c1. The number of fused-ring (bicyclic) bond motifs is 1. The van der Waals surface area contributed by atoms with Crippen LogP contribution in [0.4, 0.5) is 5.13 Å². The number of carbonyl (C=O) groups is 2. The van der Waals surface area contributed by atoms with Crippen molar-refractivity contribution in [2.45, 2.75) is 13.0 Å². The molecule has 1 aliphatic rings. The average Bonchev–Trinajstić information content (AvgIpc) is 3.38. The molecule has 0 bridgehead atoms. The third-order valence-electron chi connectivity index (χ3n) is 5.40. The highest BCUT2D eigenvalue weighted by molar-refractivity contribution is 7.22. The number of ketones is 1. The Kier molecular flexibility index (Phi) is 5.77. The minimum Gasteiger partial charge on any atom is -0.507 e. The van der Waals surface area contributed by atoms with Crippen molar-refractivity contribution in [1.29, 1.82) is 0 Å². The van der Waals surface area contributed by atoms with E-state index in [1.807, 2.05) is 13.0 Å². The van der Waals surface area contributed by atoms with E-state index in [-0.39, 0.29) is 11.3 Å². The Labute approximate surface area is 203 Å². The van der Waals surface area contributed by atoms with Gasteiger partial charge < -0.3 is 9.84 Å². The van der Waals surface area contributed by atoms with E-state index in [4.69, 9.17) is 16.3 Å². The van der Waals surface area contributed by atoms with E-state index in [9.17, 15) is 14.7 Å². The number of nitrogens with zero attached hydrogens (tertiary/aromatic N) is 3. The van der Waals surface area contributed by atoms with Crippen LogP contribution in [0.1, 0.15) is 24.2 Å². The zero-order valence-corrected chi connectivity index (χ0v) is 19.5. The van der Waals surface area contributed by atoms with Crippen molar-refractivity contribution < 1.29 is 19.4 Å². The summed E-state index contributed by atoms with van der Waals surface area (Å²) >= 11 is 7.23. The van der Waals surface area contributed by atoms with Gasteiger partial charge in [-0.3, -0.25) is 19.5 Å². The van der Waals surface area contributed by atoms with Crippen molar-refractivity contribution in [3.8, 4) is 5.75 Å². The summed E-state index contributed by atoms with van der Waals surface area (Å²) in [5.74, 6) is -1.20. The largest absolute Gasteiger partial charge is 0.507 e. The van der Waals surface area contributed by atoms with Gasteiger partial charge in [0.25, 0.3) is 5.78 Å². The van der Waals surface area contributed by atoms with Gasteiger partial charge in [0.2, 0.25) is 0 Å². The van der Waals surface area contributed by atoms with Gasteiger partial charge >= 0.3 is 5.91 Å². The normalized spacial score (nSPS) is 17.5. The second kappa shape index (κ2) is 8.89. The van der Waals surface area contributed by atoms with Gasteiger partial charge in [0.1, 0.15) is 17.6 Å². The Morgan fingerprint density at radius 3 is 2.65 bits per heavy atom. The molecule has 7 nitrogen and oxygen atoms in total. The Morgan fingerprint density at radius 2 is 1.94 bits per heavy atom. The van der Waals surface area contributed by atoms with Crippen LogP contribution < -0.4 is 9.64 Å². The standard InChI is InChI=1S/C25H18ClN3O4S/c1-2-33-16-10-11-17-19(13-16)34-25(28-17)29-21(18-5-3-4-12-27-18)20(23(31)24(29)32)22(30)14-6-8-15(26)9-7-14/h3-13,21,30H,2H2,1H3/b22-20+. The number of hydrogen-bond donors (Lipinski definition) is 1. The number of Topliss-reactive ketones (excluding diaryl/α,β-unsaturated/α-hetero) is 1. The molecular weight excluding hydrogens is 474 g/mol. The third-order valence-corrected chi connectivity index (χ3v) is 6.67. The molecule has 3 heterocycles. The van der Waals surface area contributed by atoms with E-state index in [0.717, 1.165) is 4.70 Å². The molecule has 0 saturated carbocycles. The van der Waals surface area contributed by atoms with Crippen LogP contribution in [0.2, 0.25) is 5.02 Å². The Morgan fingerprint density at radius 1 is 1.15 bits per heavy atom. The van der Waals surface area contributed by atoms with Gasteiger partial charge in [-0.05, 0) is 61.5 Å². The molecule has 5 rings (SSSR count). The minimum absolute atomic E-state index is 0.0553. The molecular formula is C25H18ClN3O4S. The number of hydrogen-bond acceptors (Lipinski definition) is 7. The number of aliphatic hydroxyl groups is 1. The monoisotopic (exact) mass is 491 g/mol. The quantitative estimate of drug-likeness (QED) is 0.229. The van der Waals surface area contributed by atoms with Gasteiger partial charge in [-0.15, -0.1) is 0 Å². The number of thiazole rings is 1. The fraction of sp³-hybridized carbons (Fsp3) is 0.120.